The zero-order valence-corrected chi connectivity index (χ0v) is 23.7. The van der Waals surface area contributed by atoms with E-state index in [2.05, 4.69) is 25.8 Å². The fraction of sp³-hybridized carbons (Fsp3) is 0.333. The number of furan rings is 1. The van der Waals surface area contributed by atoms with Crippen LogP contribution in [0.4, 0.5) is 5.82 Å². The Hall–Kier alpha value is -3.79. The lowest BCUT2D eigenvalue weighted by atomic mass is 9.86. The van der Waals surface area contributed by atoms with Crippen molar-refractivity contribution in [3.05, 3.63) is 76.6 Å². The van der Waals surface area contributed by atoms with Crippen molar-refractivity contribution in [2.75, 3.05) is 18.0 Å². The van der Waals surface area contributed by atoms with Crippen LogP contribution in [0.25, 0.3) is 22.4 Å². The molecule has 3 aromatic heterocycles. The van der Waals surface area contributed by atoms with Crippen molar-refractivity contribution >= 4 is 40.4 Å². The number of anilines is 1. The molecule has 208 valence electrons. The van der Waals surface area contributed by atoms with Gasteiger partial charge in [-0.3, -0.25) is 14.6 Å². The molecule has 1 unspecified atom stereocenters. The highest BCUT2D eigenvalue weighted by Gasteiger charge is 2.46. The lowest BCUT2D eigenvalue weighted by Crippen LogP contribution is -2.64. The molecular formula is C30H31ClN4O5. The minimum absolute atomic E-state index is 0.0388. The average Bonchev–Trinajstić information content (AvgIpc) is 3.33. The number of fused-ring (bicyclic) bond motifs is 1. The van der Waals surface area contributed by atoms with Gasteiger partial charge in [0.05, 0.1) is 16.8 Å². The number of benzene rings is 1. The van der Waals surface area contributed by atoms with Gasteiger partial charge in [-0.1, -0.05) is 44.5 Å². The Morgan fingerprint density at radius 2 is 1.80 bits per heavy atom. The topological polar surface area (TPSA) is 120 Å². The minimum atomic E-state index is -1.20. The third-order valence-electron chi connectivity index (χ3n) is 7.32. The molecule has 0 radical (unpaired) electrons. The van der Waals surface area contributed by atoms with Crippen LogP contribution in [-0.4, -0.2) is 55.6 Å². The summed E-state index contributed by atoms with van der Waals surface area (Å²) in [5.74, 6) is -0.717. The normalized spacial score (nSPS) is 16.9. The lowest BCUT2D eigenvalue weighted by molar-refractivity contribution is -0.144. The molecule has 1 aromatic carbocycles. The number of halogens is 1. The van der Waals surface area contributed by atoms with E-state index >= 15 is 0 Å². The Labute approximate surface area is 237 Å². The number of nitrogens with zero attached hydrogens (tertiary/aromatic N) is 4. The van der Waals surface area contributed by atoms with Crippen LogP contribution in [0.15, 0.2) is 59.1 Å². The fourth-order valence-corrected chi connectivity index (χ4v) is 5.13. The highest BCUT2D eigenvalue weighted by atomic mass is 35.5. The predicted molar refractivity (Wildman–Crippen MR) is 152 cm³/mol. The molecule has 2 N–H and O–H groups in total. The van der Waals surface area contributed by atoms with Crippen LogP contribution < -0.4 is 4.90 Å². The van der Waals surface area contributed by atoms with Gasteiger partial charge in [-0.15, -0.1) is 0 Å². The first kappa shape index (κ1) is 27.8. The summed E-state index contributed by atoms with van der Waals surface area (Å²) in [6.07, 6.45) is 0.0236. The van der Waals surface area contributed by atoms with E-state index in [4.69, 9.17) is 26.1 Å². The van der Waals surface area contributed by atoms with Gasteiger partial charge in [0.15, 0.2) is 17.6 Å². The van der Waals surface area contributed by atoms with Crippen molar-refractivity contribution in [3.63, 3.8) is 0 Å². The zero-order chi connectivity index (χ0) is 29.0. The van der Waals surface area contributed by atoms with Gasteiger partial charge < -0.3 is 14.6 Å². The monoisotopic (exact) mass is 562 g/mol. The Bertz CT molecular complexity index is 1590. The molecule has 4 heterocycles. The predicted octanol–water partition coefficient (Wildman–Crippen LogP) is 5.66. The summed E-state index contributed by atoms with van der Waals surface area (Å²) >= 11 is 6.09. The van der Waals surface area contributed by atoms with Crippen LogP contribution >= 0.6 is 11.6 Å². The van der Waals surface area contributed by atoms with Crippen LogP contribution in [0.3, 0.4) is 0 Å². The third-order valence-corrected chi connectivity index (χ3v) is 7.57. The summed E-state index contributed by atoms with van der Waals surface area (Å²) in [4.78, 5) is 36.9. The first-order chi connectivity index (χ1) is 18.8. The number of aliphatic hydroxyl groups is 1. The van der Waals surface area contributed by atoms with Gasteiger partial charge in [-0.05, 0) is 49.6 Å². The molecule has 0 spiro atoms. The molecule has 0 aliphatic carbocycles. The number of carboxylic acid groups (broad SMARTS) is 1. The quantitative estimate of drug-likeness (QED) is 0.320. The number of aromatic nitrogens is 2. The fourth-order valence-electron chi connectivity index (χ4n) is 5.01. The molecule has 10 heteroatoms. The van der Waals surface area contributed by atoms with E-state index in [0.717, 1.165) is 16.8 Å². The molecule has 0 bridgehead atoms. The molecule has 1 aliphatic heterocycles. The summed E-state index contributed by atoms with van der Waals surface area (Å²) in [7, 11) is 0. The van der Waals surface area contributed by atoms with Crippen LogP contribution in [-0.2, 0) is 10.2 Å². The van der Waals surface area contributed by atoms with E-state index in [1.807, 2.05) is 30.3 Å². The highest BCUT2D eigenvalue weighted by molar-refractivity contribution is 6.30. The van der Waals surface area contributed by atoms with Crippen LogP contribution in [0.2, 0.25) is 5.02 Å². The number of rotatable bonds is 5. The van der Waals surface area contributed by atoms with Gasteiger partial charge in [0, 0.05) is 41.5 Å². The number of pyridine rings is 2. The molecule has 0 saturated carbocycles. The maximum Gasteiger partial charge on any atom is 0.337 e. The number of hydrogen-bond donors (Lipinski definition) is 2. The third kappa shape index (κ3) is 4.96. The molecule has 1 saturated heterocycles. The van der Waals surface area contributed by atoms with E-state index in [0.29, 0.717) is 34.2 Å². The number of carbonyl (C=O) groups excluding carboxylic acids is 1. The van der Waals surface area contributed by atoms with Gasteiger partial charge in [-0.25, -0.2) is 14.8 Å². The van der Waals surface area contributed by atoms with Gasteiger partial charge >= 0.3 is 5.97 Å². The van der Waals surface area contributed by atoms with Crippen LogP contribution in [0.1, 0.15) is 62.5 Å². The molecule has 9 nitrogen and oxygen atoms in total. The van der Waals surface area contributed by atoms with Gasteiger partial charge in [0.2, 0.25) is 5.91 Å². The second-order valence-corrected chi connectivity index (χ2v) is 11.9. The van der Waals surface area contributed by atoms with E-state index in [1.54, 1.807) is 24.8 Å². The number of carbonyl (C=O) groups is 2. The van der Waals surface area contributed by atoms with E-state index in [1.165, 1.54) is 23.2 Å². The molecule has 40 heavy (non-hydrogen) atoms. The van der Waals surface area contributed by atoms with Crippen molar-refractivity contribution < 1.29 is 24.2 Å². The molecular weight excluding hydrogens is 532 g/mol. The number of piperazine rings is 1. The molecule has 1 aliphatic rings. The molecule has 1 atom stereocenters. The highest BCUT2D eigenvalue weighted by Crippen LogP contribution is 2.38. The van der Waals surface area contributed by atoms with Gasteiger partial charge in [-0.2, -0.15) is 0 Å². The Kier molecular flexibility index (Phi) is 6.94. The second-order valence-electron chi connectivity index (χ2n) is 11.5. The van der Waals surface area contributed by atoms with E-state index < -0.39 is 17.7 Å². The standard InChI is InChI=1S/C30H31ClN4O5/c1-29(2,3)20-14-21(17-6-9-19(31)10-7-17)33-22-15-23(40-25(20)22)26(36)35-13-12-34(28(39)30(35,4)5)24-11-8-18(16-32-24)27(37)38/h6-11,14-16,26,36H,12-13H2,1-5H3,(H,37,38). The molecule has 1 fully saturated rings. The zero-order valence-electron chi connectivity index (χ0n) is 23.0. The second kappa shape index (κ2) is 9.99. The van der Waals surface area contributed by atoms with Gasteiger partial charge in [0.1, 0.15) is 11.3 Å². The average molecular weight is 563 g/mol. The van der Waals surface area contributed by atoms with Crippen molar-refractivity contribution in [1.29, 1.82) is 0 Å². The maximum absolute atomic E-state index is 13.6. The minimum Gasteiger partial charge on any atom is -0.478 e. The number of aromatic carboxylic acids is 1. The number of amides is 1. The summed E-state index contributed by atoms with van der Waals surface area (Å²) in [6.45, 7) is 10.3. The van der Waals surface area contributed by atoms with E-state index in [-0.39, 0.29) is 23.4 Å². The number of carboxylic acids is 1. The van der Waals surface area contributed by atoms with Crippen molar-refractivity contribution in [3.8, 4) is 11.3 Å². The maximum atomic E-state index is 13.6. The summed E-state index contributed by atoms with van der Waals surface area (Å²) in [5.41, 5.74) is 2.47. The van der Waals surface area contributed by atoms with Crippen molar-refractivity contribution in [1.82, 2.24) is 14.9 Å². The van der Waals surface area contributed by atoms with E-state index in [9.17, 15) is 14.7 Å². The Morgan fingerprint density at radius 3 is 2.40 bits per heavy atom. The van der Waals surface area contributed by atoms with Crippen LogP contribution in [0, 0.1) is 0 Å². The Morgan fingerprint density at radius 1 is 1.10 bits per heavy atom. The van der Waals surface area contributed by atoms with Gasteiger partial charge in [0.25, 0.3) is 0 Å². The SMILES string of the molecule is CC(C)(C)c1cc(-c2ccc(Cl)cc2)nc2cc(C(O)N3CCN(c4ccc(C(=O)O)cn4)C(=O)C3(C)C)oc12. The molecule has 1 amide bonds. The molecule has 5 rings (SSSR count). The number of hydrogen-bond acceptors (Lipinski definition) is 7. The first-order valence-corrected chi connectivity index (χ1v) is 13.3. The first-order valence-electron chi connectivity index (χ1n) is 12.9. The number of aliphatic hydroxyl groups excluding tert-OH is 1. The summed E-state index contributed by atoms with van der Waals surface area (Å²) in [5, 5.41) is 21.3. The summed E-state index contributed by atoms with van der Waals surface area (Å²) < 4.78 is 6.26. The molecule has 4 aromatic rings. The van der Waals surface area contributed by atoms with Crippen LogP contribution in [0.5, 0.6) is 0 Å². The van der Waals surface area contributed by atoms with Crippen molar-refractivity contribution in [2.45, 2.75) is 51.8 Å². The summed E-state index contributed by atoms with van der Waals surface area (Å²) in [6, 6.07) is 14.1. The smallest absolute Gasteiger partial charge is 0.337 e. The van der Waals surface area contributed by atoms with Crippen molar-refractivity contribution in [2.24, 2.45) is 0 Å². The lowest BCUT2D eigenvalue weighted by Gasteiger charge is -2.46. The Balaban J connectivity index is 1.48. The largest absolute Gasteiger partial charge is 0.478 e.